The molecule has 0 spiro atoms. The van der Waals surface area contributed by atoms with E-state index in [1.54, 1.807) is 20.2 Å². The zero-order chi connectivity index (χ0) is 15.3. The van der Waals surface area contributed by atoms with Gasteiger partial charge in [-0.25, -0.2) is 0 Å². The molecule has 0 fully saturated rings. The van der Waals surface area contributed by atoms with Crippen molar-refractivity contribution in [3.8, 4) is 0 Å². The molecule has 1 aromatic carbocycles. The van der Waals surface area contributed by atoms with E-state index in [1.165, 1.54) is 4.90 Å². The van der Waals surface area contributed by atoms with Crippen LogP contribution in [-0.4, -0.2) is 30.8 Å². The minimum absolute atomic E-state index is 0.0237. The van der Waals surface area contributed by atoms with Crippen molar-refractivity contribution in [1.29, 1.82) is 0 Å². The molecule has 0 saturated carbocycles. The van der Waals surface area contributed by atoms with Gasteiger partial charge >= 0.3 is 0 Å². The van der Waals surface area contributed by atoms with Crippen LogP contribution in [0, 0.1) is 6.92 Å². The van der Waals surface area contributed by atoms with Crippen LogP contribution < -0.4 is 11.1 Å². The summed E-state index contributed by atoms with van der Waals surface area (Å²) in [6.07, 6.45) is 1.19. The number of hydrogen-bond acceptors (Lipinski definition) is 3. The topological polar surface area (TPSA) is 75.4 Å². The fourth-order valence-electron chi connectivity index (χ4n) is 1.69. The number of aryl methyl sites for hydroxylation is 1. The van der Waals surface area contributed by atoms with Crippen LogP contribution in [0.5, 0.6) is 0 Å². The second kappa shape index (κ2) is 7.28. The third-order valence-corrected chi connectivity index (χ3v) is 3.38. The zero-order valence-electron chi connectivity index (χ0n) is 12.0. The SMILES string of the molecule is Cc1cc(Br)cc(NC(=O)CCCC(=O)N(C)C)c1N. The Kier molecular flexibility index (Phi) is 6.01. The third-order valence-electron chi connectivity index (χ3n) is 2.92. The highest BCUT2D eigenvalue weighted by atomic mass is 79.9. The van der Waals surface area contributed by atoms with Crippen molar-refractivity contribution >= 4 is 39.1 Å². The minimum Gasteiger partial charge on any atom is -0.397 e. The van der Waals surface area contributed by atoms with E-state index in [4.69, 9.17) is 5.73 Å². The molecule has 3 N–H and O–H groups in total. The predicted molar refractivity (Wildman–Crippen MR) is 84.5 cm³/mol. The minimum atomic E-state index is -0.138. The number of carbonyl (C=O) groups is 2. The number of halogens is 1. The summed E-state index contributed by atoms with van der Waals surface area (Å²) < 4.78 is 0.863. The Bertz CT molecular complexity index is 515. The number of amides is 2. The molecular weight excluding hydrogens is 322 g/mol. The summed E-state index contributed by atoms with van der Waals surface area (Å²) in [6.45, 7) is 1.88. The monoisotopic (exact) mass is 341 g/mol. The smallest absolute Gasteiger partial charge is 0.224 e. The number of carbonyl (C=O) groups excluding carboxylic acids is 2. The molecule has 0 radical (unpaired) electrons. The Hall–Kier alpha value is -1.56. The summed E-state index contributed by atoms with van der Waals surface area (Å²) in [5, 5.41) is 2.78. The van der Waals surface area contributed by atoms with Crippen LogP contribution in [0.2, 0.25) is 0 Å². The third kappa shape index (κ3) is 4.85. The quantitative estimate of drug-likeness (QED) is 0.808. The van der Waals surface area contributed by atoms with Gasteiger partial charge in [-0.1, -0.05) is 15.9 Å². The fourth-order valence-corrected chi connectivity index (χ4v) is 2.27. The fraction of sp³-hybridized carbons (Fsp3) is 0.429. The lowest BCUT2D eigenvalue weighted by Gasteiger charge is -2.12. The normalized spacial score (nSPS) is 10.2. The van der Waals surface area contributed by atoms with Crippen molar-refractivity contribution in [2.24, 2.45) is 0 Å². The number of rotatable bonds is 5. The van der Waals surface area contributed by atoms with Crippen LogP contribution in [0.15, 0.2) is 16.6 Å². The summed E-state index contributed by atoms with van der Waals surface area (Å²) in [5.74, 6) is -0.114. The number of nitrogens with zero attached hydrogens (tertiary/aromatic N) is 1. The van der Waals surface area contributed by atoms with Crippen LogP contribution >= 0.6 is 15.9 Å². The molecule has 1 aromatic rings. The van der Waals surface area contributed by atoms with E-state index < -0.39 is 0 Å². The van der Waals surface area contributed by atoms with Gasteiger partial charge in [-0.2, -0.15) is 0 Å². The maximum Gasteiger partial charge on any atom is 0.224 e. The maximum absolute atomic E-state index is 11.8. The standard InChI is InChI=1S/C14H20BrN3O2/c1-9-7-10(15)8-11(14(9)16)17-12(19)5-4-6-13(20)18(2)3/h7-8H,4-6,16H2,1-3H3,(H,17,19). The van der Waals surface area contributed by atoms with Crippen molar-refractivity contribution in [1.82, 2.24) is 4.90 Å². The lowest BCUT2D eigenvalue weighted by atomic mass is 10.1. The molecule has 20 heavy (non-hydrogen) atoms. The molecule has 0 aliphatic carbocycles. The summed E-state index contributed by atoms with van der Waals surface area (Å²) in [5.41, 5.74) is 7.98. The highest BCUT2D eigenvalue weighted by molar-refractivity contribution is 9.10. The average Bonchev–Trinajstić information content (AvgIpc) is 2.35. The van der Waals surface area contributed by atoms with E-state index in [9.17, 15) is 9.59 Å². The van der Waals surface area contributed by atoms with Crippen LogP contribution in [-0.2, 0) is 9.59 Å². The van der Waals surface area contributed by atoms with Crippen molar-refractivity contribution in [2.45, 2.75) is 26.2 Å². The Morgan fingerprint density at radius 1 is 1.30 bits per heavy atom. The van der Waals surface area contributed by atoms with E-state index >= 15 is 0 Å². The molecular formula is C14H20BrN3O2. The van der Waals surface area contributed by atoms with Crippen molar-refractivity contribution < 1.29 is 9.59 Å². The Labute approximate surface area is 127 Å². The van der Waals surface area contributed by atoms with Gasteiger partial charge in [0.05, 0.1) is 11.4 Å². The largest absolute Gasteiger partial charge is 0.397 e. The molecule has 6 heteroatoms. The lowest BCUT2D eigenvalue weighted by molar-refractivity contribution is -0.128. The van der Waals surface area contributed by atoms with E-state index in [2.05, 4.69) is 21.2 Å². The molecule has 5 nitrogen and oxygen atoms in total. The number of nitrogens with one attached hydrogen (secondary N) is 1. The highest BCUT2D eigenvalue weighted by Gasteiger charge is 2.10. The zero-order valence-corrected chi connectivity index (χ0v) is 13.6. The van der Waals surface area contributed by atoms with Crippen LogP contribution in [0.1, 0.15) is 24.8 Å². The van der Waals surface area contributed by atoms with Gasteiger partial charge in [0.25, 0.3) is 0 Å². The predicted octanol–water partition coefficient (Wildman–Crippen LogP) is 2.54. The second-order valence-electron chi connectivity index (χ2n) is 4.87. The molecule has 0 heterocycles. The first-order chi connectivity index (χ1) is 9.31. The second-order valence-corrected chi connectivity index (χ2v) is 5.79. The first-order valence-electron chi connectivity index (χ1n) is 6.37. The molecule has 0 aliphatic heterocycles. The Balaban J connectivity index is 2.53. The van der Waals surface area contributed by atoms with Crippen molar-refractivity contribution in [3.63, 3.8) is 0 Å². The molecule has 0 atom stereocenters. The Morgan fingerprint density at radius 2 is 1.95 bits per heavy atom. The number of nitrogens with two attached hydrogens (primary N) is 1. The van der Waals surface area contributed by atoms with Gasteiger partial charge < -0.3 is 16.0 Å². The summed E-state index contributed by atoms with van der Waals surface area (Å²) >= 11 is 3.37. The molecule has 0 aliphatic rings. The van der Waals surface area contributed by atoms with E-state index in [-0.39, 0.29) is 11.8 Å². The van der Waals surface area contributed by atoms with Crippen LogP contribution in [0.25, 0.3) is 0 Å². The number of hydrogen-bond donors (Lipinski definition) is 2. The van der Waals surface area contributed by atoms with E-state index in [1.807, 2.05) is 13.0 Å². The molecule has 110 valence electrons. The van der Waals surface area contributed by atoms with Gasteiger partial charge in [-0.05, 0) is 31.0 Å². The maximum atomic E-state index is 11.8. The number of nitrogen functional groups attached to an aromatic ring is 1. The van der Waals surface area contributed by atoms with Gasteiger partial charge in [0, 0.05) is 31.4 Å². The molecule has 0 unspecified atom stereocenters. The molecule has 2 amide bonds. The van der Waals surface area contributed by atoms with Crippen LogP contribution in [0.3, 0.4) is 0 Å². The molecule has 1 rings (SSSR count). The summed E-state index contributed by atoms with van der Waals surface area (Å²) in [4.78, 5) is 24.7. The molecule has 0 bridgehead atoms. The first kappa shape index (κ1) is 16.5. The van der Waals surface area contributed by atoms with Crippen LogP contribution in [0.4, 0.5) is 11.4 Å². The number of anilines is 2. The van der Waals surface area contributed by atoms with Crippen molar-refractivity contribution in [3.05, 3.63) is 22.2 Å². The summed E-state index contributed by atoms with van der Waals surface area (Å²) in [7, 11) is 3.40. The highest BCUT2D eigenvalue weighted by Crippen LogP contribution is 2.27. The van der Waals surface area contributed by atoms with Gasteiger partial charge in [0.15, 0.2) is 0 Å². The Morgan fingerprint density at radius 3 is 2.55 bits per heavy atom. The van der Waals surface area contributed by atoms with Crippen molar-refractivity contribution in [2.75, 3.05) is 25.1 Å². The van der Waals surface area contributed by atoms with Gasteiger partial charge in [0.1, 0.15) is 0 Å². The van der Waals surface area contributed by atoms with Gasteiger partial charge in [0.2, 0.25) is 11.8 Å². The van der Waals surface area contributed by atoms with E-state index in [0.29, 0.717) is 30.6 Å². The van der Waals surface area contributed by atoms with Gasteiger partial charge in [-0.3, -0.25) is 9.59 Å². The van der Waals surface area contributed by atoms with E-state index in [0.717, 1.165) is 10.0 Å². The van der Waals surface area contributed by atoms with Gasteiger partial charge in [-0.15, -0.1) is 0 Å². The molecule has 0 saturated heterocycles. The molecule has 0 aromatic heterocycles. The summed E-state index contributed by atoms with van der Waals surface area (Å²) in [6, 6.07) is 3.66. The lowest BCUT2D eigenvalue weighted by Crippen LogP contribution is -2.22. The first-order valence-corrected chi connectivity index (χ1v) is 7.16. The number of benzene rings is 1. The average molecular weight is 342 g/mol.